The van der Waals surface area contributed by atoms with E-state index in [1.165, 1.54) is 10.6 Å². The zero-order valence-corrected chi connectivity index (χ0v) is 13.8. The van der Waals surface area contributed by atoms with Crippen LogP contribution in [0.5, 0.6) is 5.88 Å². The summed E-state index contributed by atoms with van der Waals surface area (Å²) in [5, 5.41) is 0. The molecule has 7 nitrogen and oxygen atoms in total. The number of rotatable bonds is 3. The van der Waals surface area contributed by atoms with Gasteiger partial charge in [-0.25, -0.2) is 13.4 Å². The van der Waals surface area contributed by atoms with Crippen LogP contribution in [-0.4, -0.2) is 44.8 Å². The number of aromatic nitrogens is 2. The van der Waals surface area contributed by atoms with Crippen LogP contribution in [0.3, 0.4) is 0 Å². The fraction of sp³-hybridized carbons (Fsp3) is 0.333. The van der Waals surface area contributed by atoms with Crippen LogP contribution in [-0.2, 0) is 16.6 Å². The average molecular weight is 334 g/mol. The molecule has 0 N–H and O–H groups in total. The lowest BCUT2D eigenvalue weighted by molar-refractivity contribution is 0.396. The Bertz CT molecular complexity index is 810. The van der Waals surface area contributed by atoms with Crippen molar-refractivity contribution in [2.45, 2.75) is 6.54 Å². The van der Waals surface area contributed by atoms with Gasteiger partial charge in [-0.1, -0.05) is 18.2 Å². The third-order valence-corrected chi connectivity index (χ3v) is 4.88. The molecule has 0 bridgehead atoms. The van der Waals surface area contributed by atoms with Gasteiger partial charge in [0.2, 0.25) is 21.9 Å². The first kappa shape index (κ1) is 15.5. The average Bonchev–Trinajstić information content (AvgIpc) is 2.74. The second-order valence-corrected chi connectivity index (χ2v) is 7.19. The molecule has 1 aliphatic rings. The molecule has 0 radical (unpaired) electrons. The molecule has 0 aliphatic carbocycles. The van der Waals surface area contributed by atoms with Gasteiger partial charge < -0.3 is 9.64 Å². The van der Waals surface area contributed by atoms with Gasteiger partial charge in [-0.05, 0) is 11.6 Å². The molecule has 0 saturated carbocycles. The maximum absolute atomic E-state index is 12.1. The molecule has 0 fully saturated rings. The molecule has 1 aliphatic heterocycles. The molecule has 1 aromatic heterocycles. The lowest BCUT2D eigenvalue weighted by atomic mass is 10.2. The summed E-state index contributed by atoms with van der Waals surface area (Å²) >= 11 is 0. The van der Waals surface area contributed by atoms with Gasteiger partial charge in [0.1, 0.15) is 0 Å². The van der Waals surface area contributed by atoms with E-state index in [0.717, 1.165) is 5.56 Å². The van der Waals surface area contributed by atoms with Crippen molar-refractivity contribution in [2.24, 2.45) is 0 Å². The Morgan fingerprint density at radius 2 is 1.96 bits per heavy atom. The molecule has 3 rings (SSSR count). The summed E-state index contributed by atoms with van der Waals surface area (Å²) in [6.45, 7) is 1.38. The number of methoxy groups -OCH3 is 1. The van der Waals surface area contributed by atoms with E-state index in [1.54, 1.807) is 19.4 Å². The molecular formula is C15H18N4O3S. The molecule has 122 valence electrons. The van der Waals surface area contributed by atoms with E-state index in [2.05, 4.69) is 9.97 Å². The summed E-state index contributed by atoms with van der Waals surface area (Å²) in [7, 11) is -1.79. The van der Waals surface area contributed by atoms with Gasteiger partial charge in [0.15, 0.2) is 0 Å². The summed E-state index contributed by atoms with van der Waals surface area (Å²) in [6, 6.07) is 9.17. The van der Waals surface area contributed by atoms with E-state index in [-0.39, 0.29) is 0 Å². The molecule has 2 heterocycles. The quantitative estimate of drug-likeness (QED) is 0.841. The number of ether oxygens (including phenoxy) is 1. The summed E-state index contributed by atoms with van der Waals surface area (Å²) in [4.78, 5) is 10.6. The topological polar surface area (TPSA) is 75.6 Å². The second kappa shape index (κ2) is 6.04. The van der Waals surface area contributed by atoms with E-state index in [0.29, 0.717) is 37.1 Å². The zero-order chi connectivity index (χ0) is 16.4. The standard InChI is InChI=1S/C15H18N4O3S/c1-22-14-7-8-16-15(17-14)18-9-10-19(23(2,20)21)13-6-4-3-5-12(13)11-18/h3-8H,9-11H2,1-2H3. The molecular weight excluding hydrogens is 316 g/mol. The minimum absolute atomic E-state index is 0.344. The molecule has 0 spiro atoms. The Morgan fingerprint density at radius 3 is 2.70 bits per heavy atom. The van der Waals surface area contributed by atoms with Crippen LogP contribution in [0.15, 0.2) is 36.5 Å². The van der Waals surface area contributed by atoms with Gasteiger partial charge in [0.25, 0.3) is 0 Å². The lowest BCUT2D eigenvalue weighted by Gasteiger charge is -2.22. The van der Waals surface area contributed by atoms with Gasteiger partial charge in [-0.15, -0.1) is 0 Å². The van der Waals surface area contributed by atoms with Crippen LogP contribution in [0.2, 0.25) is 0 Å². The summed E-state index contributed by atoms with van der Waals surface area (Å²) in [5.74, 6) is 1.00. The van der Waals surface area contributed by atoms with Crippen molar-refractivity contribution in [1.82, 2.24) is 9.97 Å². The number of benzene rings is 1. The van der Waals surface area contributed by atoms with Crippen molar-refractivity contribution in [3.05, 3.63) is 42.1 Å². The Hall–Kier alpha value is -2.35. The maximum Gasteiger partial charge on any atom is 0.232 e. The van der Waals surface area contributed by atoms with Crippen molar-refractivity contribution >= 4 is 21.7 Å². The first-order chi connectivity index (χ1) is 11.0. The van der Waals surface area contributed by atoms with Crippen molar-refractivity contribution in [3.8, 4) is 5.88 Å². The molecule has 0 amide bonds. The molecule has 23 heavy (non-hydrogen) atoms. The largest absolute Gasteiger partial charge is 0.481 e. The van der Waals surface area contributed by atoms with Crippen LogP contribution in [0.1, 0.15) is 5.56 Å². The Balaban J connectivity index is 2.00. The van der Waals surface area contributed by atoms with Crippen LogP contribution < -0.4 is 13.9 Å². The number of fused-ring (bicyclic) bond motifs is 1. The molecule has 8 heteroatoms. The fourth-order valence-electron chi connectivity index (χ4n) is 2.62. The third-order valence-electron chi connectivity index (χ3n) is 3.70. The van der Waals surface area contributed by atoms with Crippen LogP contribution in [0.4, 0.5) is 11.6 Å². The Morgan fingerprint density at radius 1 is 1.17 bits per heavy atom. The molecule has 0 saturated heterocycles. The molecule has 1 aromatic carbocycles. The van der Waals surface area contributed by atoms with Gasteiger partial charge >= 0.3 is 0 Å². The van der Waals surface area contributed by atoms with Gasteiger partial charge in [-0.3, -0.25) is 4.31 Å². The SMILES string of the molecule is COc1ccnc(N2CCN(S(C)(=O)=O)c3ccccc3C2)n1. The zero-order valence-electron chi connectivity index (χ0n) is 13.0. The number of hydrogen-bond acceptors (Lipinski definition) is 6. The van der Waals surface area contributed by atoms with E-state index in [4.69, 9.17) is 4.74 Å². The highest BCUT2D eigenvalue weighted by atomic mass is 32.2. The third kappa shape index (κ3) is 3.21. The highest BCUT2D eigenvalue weighted by Crippen LogP contribution is 2.28. The smallest absolute Gasteiger partial charge is 0.232 e. The van der Waals surface area contributed by atoms with Crippen LogP contribution in [0.25, 0.3) is 0 Å². The van der Waals surface area contributed by atoms with E-state index < -0.39 is 10.0 Å². The predicted octanol–water partition coefficient (Wildman–Crippen LogP) is 1.27. The van der Waals surface area contributed by atoms with Crippen molar-refractivity contribution in [1.29, 1.82) is 0 Å². The molecule has 2 aromatic rings. The van der Waals surface area contributed by atoms with Gasteiger partial charge in [-0.2, -0.15) is 4.98 Å². The van der Waals surface area contributed by atoms with Crippen molar-refractivity contribution in [2.75, 3.05) is 35.7 Å². The Labute approximate surface area is 135 Å². The lowest BCUT2D eigenvalue weighted by Crippen LogP contribution is -2.35. The first-order valence-electron chi connectivity index (χ1n) is 7.16. The van der Waals surface area contributed by atoms with Crippen molar-refractivity contribution in [3.63, 3.8) is 0 Å². The summed E-state index contributed by atoms with van der Waals surface area (Å²) in [5.41, 5.74) is 1.63. The normalized spacial score (nSPS) is 15.0. The number of sulfonamides is 1. The number of hydrogen-bond donors (Lipinski definition) is 0. The molecule has 0 unspecified atom stereocenters. The van der Waals surface area contributed by atoms with Crippen LogP contribution in [0, 0.1) is 0 Å². The first-order valence-corrected chi connectivity index (χ1v) is 9.01. The minimum atomic E-state index is -3.34. The maximum atomic E-state index is 12.1. The van der Waals surface area contributed by atoms with Crippen molar-refractivity contribution < 1.29 is 13.2 Å². The monoisotopic (exact) mass is 334 g/mol. The molecule has 0 atom stereocenters. The second-order valence-electron chi connectivity index (χ2n) is 5.28. The van der Waals surface area contributed by atoms with Gasteiger partial charge in [0, 0.05) is 25.4 Å². The van der Waals surface area contributed by atoms with Gasteiger partial charge in [0.05, 0.1) is 25.6 Å². The Kier molecular flexibility index (Phi) is 4.08. The number of para-hydroxylation sites is 1. The van der Waals surface area contributed by atoms with Crippen LogP contribution >= 0.6 is 0 Å². The minimum Gasteiger partial charge on any atom is -0.481 e. The highest BCUT2D eigenvalue weighted by Gasteiger charge is 2.26. The predicted molar refractivity (Wildman–Crippen MR) is 88.3 cm³/mol. The number of anilines is 2. The van der Waals surface area contributed by atoms with E-state index in [1.807, 2.05) is 29.2 Å². The number of nitrogens with zero attached hydrogens (tertiary/aromatic N) is 4. The summed E-state index contributed by atoms with van der Waals surface area (Å²) in [6.07, 6.45) is 2.85. The van der Waals surface area contributed by atoms with E-state index in [9.17, 15) is 8.42 Å². The van der Waals surface area contributed by atoms with E-state index >= 15 is 0 Å². The fourth-order valence-corrected chi connectivity index (χ4v) is 3.57. The summed E-state index contributed by atoms with van der Waals surface area (Å²) < 4.78 is 30.8. The highest BCUT2D eigenvalue weighted by molar-refractivity contribution is 7.92.